The predicted octanol–water partition coefficient (Wildman–Crippen LogP) is -0.237. The van der Waals surface area contributed by atoms with E-state index in [1.165, 1.54) is 30.4 Å². The Balaban J connectivity index is 1.80. The maximum atomic E-state index is 12.8. The van der Waals surface area contributed by atoms with E-state index in [9.17, 15) is 24.3 Å². The average molecular weight is 503 g/mol. The van der Waals surface area contributed by atoms with Crippen LogP contribution in [0.1, 0.15) is 19.7 Å². The third-order valence-corrected chi connectivity index (χ3v) is 7.24. The monoisotopic (exact) mass is 502 g/mol. The van der Waals surface area contributed by atoms with Gasteiger partial charge in [-0.3, -0.25) is 14.5 Å². The molecule has 0 radical (unpaired) electrons. The van der Waals surface area contributed by atoms with Crippen LogP contribution >= 0.6 is 35.1 Å². The summed E-state index contributed by atoms with van der Waals surface area (Å²) >= 11 is 3.45. The standard InChI is InChI=1S/C16H18N6O7S3/c1-3-30-6-4-31-13-8(12(24)22(13)9(6)15(27)28)18-11(23)7(10-19-16(17)32-21-10)20-29-5(2)14(25)26/h5,8,13H,3-4H2,1-2H3,(H,18,23)(H,25,26)(H,27,28)(H2,17,19,21)/b20-7+/t5?,8?,13-/m1/s1. The third-order valence-electron chi connectivity index (χ3n) is 4.26. The number of hydrogen-bond acceptors (Lipinski definition) is 12. The second-order valence-corrected chi connectivity index (χ2v) is 9.60. The highest BCUT2D eigenvalue weighted by Gasteiger charge is 2.54. The molecule has 0 aliphatic carbocycles. The number of anilines is 1. The van der Waals surface area contributed by atoms with Gasteiger partial charge < -0.3 is 26.1 Å². The van der Waals surface area contributed by atoms with Gasteiger partial charge in [-0.05, 0) is 12.7 Å². The molecule has 0 aromatic carbocycles. The molecule has 2 amide bonds. The van der Waals surface area contributed by atoms with Crippen molar-refractivity contribution in [2.75, 3.05) is 17.2 Å². The van der Waals surface area contributed by atoms with Gasteiger partial charge in [0, 0.05) is 22.2 Å². The Labute approximate surface area is 193 Å². The maximum absolute atomic E-state index is 12.8. The van der Waals surface area contributed by atoms with Gasteiger partial charge in [0.15, 0.2) is 5.13 Å². The van der Waals surface area contributed by atoms with Gasteiger partial charge in [0.25, 0.3) is 11.8 Å². The first-order valence-corrected chi connectivity index (χ1v) is 11.9. The minimum Gasteiger partial charge on any atom is -0.478 e. The molecular formula is C16H18N6O7S3. The summed E-state index contributed by atoms with van der Waals surface area (Å²) in [6.45, 7) is 3.09. The summed E-state index contributed by atoms with van der Waals surface area (Å²) in [7, 11) is 0. The summed E-state index contributed by atoms with van der Waals surface area (Å²) in [5, 5.41) is 24.0. The minimum atomic E-state index is -1.36. The number of carbonyl (C=O) groups excluding carboxylic acids is 2. The van der Waals surface area contributed by atoms with Crippen molar-refractivity contribution >= 4 is 69.7 Å². The largest absolute Gasteiger partial charge is 0.478 e. The van der Waals surface area contributed by atoms with E-state index in [0.29, 0.717) is 16.4 Å². The lowest BCUT2D eigenvalue weighted by Gasteiger charge is -2.49. The van der Waals surface area contributed by atoms with Gasteiger partial charge in [-0.2, -0.15) is 9.36 Å². The van der Waals surface area contributed by atoms with Gasteiger partial charge in [0.1, 0.15) is 17.1 Å². The fourth-order valence-corrected chi connectivity index (χ4v) is 5.61. The van der Waals surface area contributed by atoms with Crippen LogP contribution in [0.4, 0.5) is 5.13 Å². The number of nitrogens with zero attached hydrogens (tertiary/aromatic N) is 4. The zero-order chi connectivity index (χ0) is 23.6. The summed E-state index contributed by atoms with van der Waals surface area (Å²) in [4.78, 5) is 58.7. The van der Waals surface area contributed by atoms with Crippen LogP contribution in [0.15, 0.2) is 15.8 Å². The van der Waals surface area contributed by atoms with Gasteiger partial charge >= 0.3 is 11.9 Å². The Kier molecular flexibility index (Phi) is 7.25. The number of thioether (sulfide) groups is 2. The number of nitrogens with one attached hydrogen (secondary N) is 1. The van der Waals surface area contributed by atoms with Crippen LogP contribution in [0, 0.1) is 0 Å². The Bertz CT molecular complexity index is 1030. The van der Waals surface area contributed by atoms with Gasteiger partial charge in [0.05, 0.1) is 0 Å². The Morgan fingerprint density at radius 2 is 2.16 bits per heavy atom. The summed E-state index contributed by atoms with van der Waals surface area (Å²) in [5.41, 5.74) is 5.00. The fraction of sp³-hybridized carbons (Fsp3) is 0.438. The highest BCUT2D eigenvalue weighted by molar-refractivity contribution is 8.06. The first kappa shape index (κ1) is 23.8. The molecule has 3 atom stereocenters. The second-order valence-electron chi connectivity index (χ2n) is 6.35. The zero-order valence-electron chi connectivity index (χ0n) is 16.7. The van der Waals surface area contributed by atoms with Crippen LogP contribution < -0.4 is 11.1 Å². The van der Waals surface area contributed by atoms with Crippen molar-refractivity contribution in [3.8, 4) is 0 Å². The number of aromatic nitrogens is 2. The first-order valence-electron chi connectivity index (χ1n) is 9.06. The molecule has 5 N–H and O–H groups in total. The quantitative estimate of drug-likeness (QED) is 0.197. The molecular weight excluding hydrogens is 484 g/mol. The van der Waals surface area contributed by atoms with Crippen molar-refractivity contribution in [2.24, 2.45) is 5.16 Å². The summed E-state index contributed by atoms with van der Waals surface area (Å²) in [5.74, 6) is -3.18. The normalized spacial score (nSPS) is 21.5. The molecule has 3 rings (SSSR count). The lowest BCUT2D eigenvalue weighted by Crippen LogP contribution is -2.71. The number of carboxylic acids is 2. The number of hydrogen-bond donors (Lipinski definition) is 4. The molecule has 2 unspecified atom stereocenters. The van der Waals surface area contributed by atoms with Crippen molar-refractivity contribution < 1.29 is 34.2 Å². The van der Waals surface area contributed by atoms with Crippen LogP contribution in [0.5, 0.6) is 0 Å². The van der Waals surface area contributed by atoms with Gasteiger partial charge in [-0.1, -0.05) is 12.1 Å². The molecule has 1 aromatic rings. The molecule has 16 heteroatoms. The van der Waals surface area contributed by atoms with Crippen LogP contribution in [-0.2, 0) is 24.0 Å². The molecule has 1 saturated heterocycles. The van der Waals surface area contributed by atoms with Gasteiger partial charge in [-0.25, -0.2) is 9.59 Å². The number of oxime groups is 1. The topological polar surface area (TPSA) is 197 Å². The second kappa shape index (κ2) is 9.74. The number of nitrogens with two attached hydrogens (primary N) is 1. The summed E-state index contributed by atoms with van der Waals surface area (Å²) in [6.07, 6.45) is -1.36. The third kappa shape index (κ3) is 4.66. The molecule has 0 bridgehead atoms. The van der Waals surface area contributed by atoms with Crippen LogP contribution in [0.3, 0.4) is 0 Å². The smallest absolute Gasteiger partial charge is 0.353 e. The Morgan fingerprint density at radius 3 is 2.72 bits per heavy atom. The number of β-lactam (4-membered cyclic amide) rings is 1. The zero-order valence-corrected chi connectivity index (χ0v) is 19.1. The van der Waals surface area contributed by atoms with Gasteiger partial charge in [-0.15, -0.1) is 23.5 Å². The summed E-state index contributed by atoms with van der Waals surface area (Å²) < 4.78 is 3.88. The van der Waals surface area contributed by atoms with Crippen molar-refractivity contribution in [3.63, 3.8) is 0 Å². The van der Waals surface area contributed by atoms with E-state index in [1.807, 2.05) is 6.92 Å². The molecule has 2 aliphatic heterocycles. The number of carboxylic acid groups (broad SMARTS) is 2. The summed E-state index contributed by atoms with van der Waals surface area (Å²) in [6, 6.07) is -1.02. The number of nitrogen functional groups attached to an aromatic ring is 1. The molecule has 13 nitrogen and oxygen atoms in total. The Hall–Kier alpha value is -2.85. The van der Waals surface area contributed by atoms with Crippen molar-refractivity contribution in [1.29, 1.82) is 0 Å². The van der Waals surface area contributed by atoms with E-state index < -0.39 is 47.0 Å². The molecule has 0 saturated carbocycles. The van der Waals surface area contributed by atoms with Gasteiger partial charge in [0.2, 0.25) is 17.6 Å². The number of aliphatic carboxylic acids is 2. The van der Waals surface area contributed by atoms with E-state index in [1.54, 1.807) is 0 Å². The van der Waals surface area contributed by atoms with E-state index in [4.69, 9.17) is 15.7 Å². The number of carbonyl (C=O) groups is 4. The van der Waals surface area contributed by atoms with Crippen LogP contribution in [0.2, 0.25) is 0 Å². The van der Waals surface area contributed by atoms with Crippen molar-refractivity contribution in [2.45, 2.75) is 31.4 Å². The first-order chi connectivity index (χ1) is 15.1. The molecule has 172 valence electrons. The number of fused-ring (bicyclic) bond motifs is 1. The molecule has 3 heterocycles. The van der Waals surface area contributed by atoms with E-state index in [2.05, 4.69) is 19.8 Å². The highest BCUT2D eigenvalue weighted by atomic mass is 32.2. The molecule has 1 fully saturated rings. The van der Waals surface area contributed by atoms with E-state index in [-0.39, 0.29) is 16.7 Å². The Morgan fingerprint density at radius 1 is 1.44 bits per heavy atom. The molecule has 2 aliphatic rings. The average Bonchev–Trinajstić information content (AvgIpc) is 3.17. The fourth-order valence-electron chi connectivity index (χ4n) is 2.78. The number of rotatable bonds is 9. The van der Waals surface area contributed by atoms with Crippen molar-refractivity contribution in [1.82, 2.24) is 19.6 Å². The van der Waals surface area contributed by atoms with Crippen molar-refractivity contribution in [3.05, 3.63) is 16.4 Å². The molecule has 32 heavy (non-hydrogen) atoms. The van der Waals surface area contributed by atoms with E-state index >= 15 is 0 Å². The molecule has 1 aromatic heterocycles. The maximum Gasteiger partial charge on any atom is 0.353 e. The number of amides is 2. The lowest BCUT2D eigenvalue weighted by molar-refractivity contribution is -0.150. The van der Waals surface area contributed by atoms with E-state index in [0.717, 1.165) is 16.4 Å². The SMILES string of the molecule is CCSC1=C(C(=O)O)N2C(=O)C(NC(=O)/C(=N/OC(C)C(=O)O)c3nsc(N)n3)[C@H]2SC1. The highest BCUT2D eigenvalue weighted by Crippen LogP contribution is 2.43. The molecule has 0 spiro atoms. The predicted molar refractivity (Wildman–Crippen MR) is 117 cm³/mol. The van der Waals surface area contributed by atoms with Crippen LogP contribution in [-0.4, -0.2) is 83.0 Å². The lowest BCUT2D eigenvalue weighted by atomic mass is 10.0. The minimum absolute atomic E-state index is 0.0395. The van der Waals surface area contributed by atoms with Crippen LogP contribution in [0.25, 0.3) is 0 Å².